The van der Waals surface area contributed by atoms with Crippen LogP contribution in [0.25, 0.3) is 32.1 Å². The maximum absolute atomic E-state index is 17.6. The number of nitrogens with zero attached hydrogens (tertiary/aromatic N) is 4. The van der Waals surface area contributed by atoms with E-state index in [9.17, 15) is 10.1 Å². The van der Waals surface area contributed by atoms with Crippen LogP contribution in [0.2, 0.25) is 0 Å². The van der Waals surface area contributed by atoms with Gasteiger partial charge in [0.2, 0.25) is 0 Å². The molecule has 2 aromatic carbocycles. The summed E-state index contributed by atoms with van der Waals surface area (Å²) < 4.78 is 55.1. The van der Waals surface area contributed by atoms with Crippen molar-refractivity contribution in [2.45, 2.75) is 165 Å². The molecule has 0 spiro atoms. The normalized spacial score (nSPS) is 15.8. The van der Waals surface area contributed by atoms with E-state index in [0.29, 0.717) is 56.7 Å². The van der Waals surface area contributed by atoms with E-state index in [1.54, 1.807) is 6.07 Å². The predicted molar refractivity (Wildman–Crippen MR) is 250 cm³/mol. The number of ether oxygens (including phenoxy) is 1. The Kier molecular flexibility index (Phi) is 17.4. The molecule has 334 valence electrons. The molecule has 1 aliphatic rings. The molecule has 1 fully saturated rings. The number of carbonyl (C=O) groups excluding carboxylic acids is 1. The number of thiophene rings is 1. The summed E-state index contributed by atoms with van der Waals surface area (Å²) in [7, 11) is 2.03. The van der Waals surface area contributed by atoms with Gasteiger partial charge in [0.05, 0.1) is 16.9 Å². The molecule has 0 saturated heterocycles. The summed E-state index contributed by atoms with van der Waals surface area (Å²) >= 11 is 1.26. The molecule has 0 aliphatic heterocycles. The van der Waals surface area contributed by atoms with Crippen LogP contribution < -0.4 is 9.64 Å². The Bertz CT molecular complexity index is 2190. The Morgan fingerprint density at radius 2 is 1.79 bits per heavy atom. The zero-order valence-corrected chi connectivity index (χ0v) is 39.9. The van der Waals surface area contributed by atoms with Gasteiger partial charge in [-0.05, 0) is 118 Å². The van der Waals surface area contributed by atoms with Crippen molar-refractivity contribution in [3.05, 3.63) is 58.5 Å². The number of hydrogen-bond donors (Lipinski definition) is 0. The minimum Gasteiger partial charge on any atom is -0.463 e. The van der Waals surface area contributed by atoms with Crippen molar-refractivity contribution in [1.82, 2.24) is 9.97 Å². The molecule has 4 unspecified atom stereocenters. The lowest BCUT2D eigenvalue weighted by atomic mass is 9.74. The monoisotopic (exact) mass is 861 g/mol. The van der Waals surface area contributed by atoms with E-state index in [4.69, 9.17) is 14.7 Å². The number of aromatic nitrogens is 2. The van der Waals surface area contributed by atoms with Gasteiger partial charge in [-0.25, -0.2) is 13.2 Å². The van der Waals surface area contributed by atoms with E-state index in [0.717, 1.165) is 62.7 Å². The lowest BCUT2D eigenvalue weighted by Gasteiger charge is -2.35. The summed E-state index contributed by atoms with van der Waals surface area (Å²) in [5.74, 6) is 0.454. The predicted octanol–water partition coefficient (Wildman–Crippen LogP) is 15.0. The van der Waals surface area contributed by atoms with E-state index in [-0.39, 0.29) is 52.8 Å². The Morgan fingerprint density at radius 1 is 1.11 bits per heavy atom. The fourth-order valence-electron chi connectivity index (χ4n) is 8.94. The van der Waals surface area contributed by atoms with Crippen molar-refractivity contribution in [2.75, 3.05) is 18.6 Å². The Morgan fingerprint density at radius 3 is 2.33 bits per heavy atom. The average molecular weight is 861 g/mol. The maximum Gasteiger partial charge on any atom is 0.319 e. The highest BCUT2D eigenvalue weighted by Gasteiger charge is 2.47. The number of anilines is 1. The molecule has 1 saturated carbocycles. The van der Waals surface area contributed by atoms with Crippen LogP contribution >= 0.6 is 11.3 Å². The van der Waals surface area contributed by atoms with Gasteiger partial charge >= 0.3 is 6.01 Å². The number of ketones is 1. The smallest absolute Gasteiger partial charge is 0.319 e. The first-order valence-electron chi connectivity index (χ1n) is 22.6. The highest BCUT2D eigenvalue weighted by molar-refractivity contribution is 7.19. The van der Waals surface area contributed by atoms with E-state index < -0.39 is 23.2 Å². The minimum absolute atomic E-state index is 0.00580. The summed E-state index contributed by atoms with van der Waals surface area (Å²) in [6, 6.07) is 7.37. The van der Waals surface area contributed by atoms with Gasteiger partial charge in [-0.15, -0.1) is 11.3 Å². The molecule has 0 amide bonds. The van der Waals surface area contributed by atoms with Crippen molar-refractivity contribution in [3.8, 4) is 23.2 Å². The molecule has 10 heteroatoms. The van der Waals surface area contributed by atoms with Crippen molar-refractivity contribution < 1.29 is 22.7 Å². The molecule has 2 aromatic heterocycles. The van der Waals surface area contributed by atoms with Crippen molar-refractivity contribution in [3.63, 3.8) is 0 Å². The Balaban J connectivity index is 0.00000155. The number of rotatable bonds is 21. The average Bonchev–Trinajstić information content (AvgIpc) is 3.85. The lowest BCUT2D eigenvalue weighted by Crippen LogP contribution is -2.37. The van der Waals surface area contributed by atoms with Gasteiger partial charge in [0.15, 0.2) is 11.6 Å². The maximum atomic E-state index is 17.6. The molecule has 5 rings (SSSR count). The van der Waals surface area contributed by atoms with Gasteiger partial charge in [0, 0.05) is 39.7 Å². The number of carbonyl (C=O) groups is 1. The van der Waals surface area contributed by atoms with Crippen LogP contribution in [0.15, 0.2) is 30.9 Å². The molecule has 2 heterocycles. The van der Waals surface area contributed by atoms with Crippen LogP contribution in [-0.2, 0) is 4.79 Å². The van der Waals surface area contributed by atoms with Gasteiger partial charge < -0.3 is 9.64 Å². The molecule has 0 radical (unpaired) electrons. The number of hydrogen-bond acceptors (Lipinski definition) is 7. The molecular weight excluding hydrogens is 790 g/mol. The second-order valence-corrected chi connectivity index (χ2v) is 20.0. The van der Waals surface area contributed by atoms with E-state index in [1.807, 2.05) is 40.8 Å². The number of fused-ring (bicyclic) bond motifs is 2. The first-order valence-corrected chi connectivity index (χ1v) is 23.4. The van der Waals surface area contributed by atoms with E-state index in [1.165, 1.54) is 30.4 Å². The van der Waals surface area contributed by atoms with Gasteiger partial charge in [0.25, 0.3) is 0 Å². The standard InChI is InChI=1S/C47H65F3N4OS.C4H6O/c1-12-15-20-47(21-22-47)26-46(10,24-32(48)14-3)27-55-45-52-41-34(44(53-45)54(11)37(28(4)5)19-16-30(8)13-2)23-31(9)38(40(41)50)33-17-18-36(49)43-39(33)35(25-51)42(56-43)29(6)7;1-3-4(2)5/h17-18,23,28-30,32,37H,12-16,19-22,24,26-27H2,1-11H3;3H,1H2,2H3. The van der Waals surface area contributed by atoms with Crippen LogP contribution in [0.5, 0.6) is 6.01 Å². The number of allylic oxidation sites excluding steroid dienone is 1. The van der Waals surface area contributed by atoms with Crippen molar-refractivity contribution in [2.24, 2.45) is 22.7 Å². The summed E-state index contributed by atoms with van der Waals surface area (Å²) in [6.45, 7) is 25.8. The van der Waals surface area contributed by atoms with E-state index >= 15 is 13.2 Å². The molecule has 4 atom stereocenters. The zero-order chi connectivity index (χ0) is 45.4. The summed E-state index contributed by atoms with van der Waals surface area (Å²) in [4.78, 5) is 22.5. The van der Waals surface area contributed by atoms with Gasteiger partial charge in [-0.2, -0.15) is 15.2 Å². The third-order valence-electron chi connectivity index (χ3n) is 12.9. The minimum atomic E-state index is -0.954. The molecule has 6 nitrogen and oxygen atoms in total. The number of benzene rings is 2. The number of alkyl halides is 1. The molecule has 1 aliphatic carbocycles. The molecule has 0 bridgehead atoms. The first kappa shape index (κ1) is 49.7. The van der Waals surface area contributed by atoms with Crippen LogP contribution in [0.3, 0.4) is 0 Å². The fourth-order valence-corrected chi connectivity index (χ4v) is 10.1. The van der Waals surface area contributed by atoms with Crippen LogP contribution in [0.4, 0.5) is 19.0 Å². The Labute approximate surface area is 368 Å². The molecule has 0 N–H and O–H groups in total. The number of aryl methyl sites for hydroxylation is 1. The second-order valence-electron chi connectivity index (χ2n) is 18.9. The van der Waals surface area contributed by atoms with Crippen LogP contribution in [0.1, 0.15) is 162 Å². The SMILES string of the molecule is C=CC(C)=O.CCCCC1(CC(C)(COc2nc(N(C)C(CCC(C)CC)C(C)C)c3cc(C)c(-c4ccc(F)c5sc(C(C)C)c(C#N)c45)c(F)c3n2)CC(F)CC)CC1. The third-order valence-corrected chi connectivity index (χ3v) is 14.4. The zero-order valence-electron chi connectivity index (χ0n) is 39.0. The van der Waals surface area contributed by atoms with Crippen LogP contribution in [-0.4, -0.2) is 41.6 Å². The number of nitriles is 1. The number of halogens is 3. The Hall–Kier alpha value is -3.97. The summed E-state index contributed by atoms with van der Waals surface area (Å²) in [6.07, 6.45) is 10.8. The first-order chi connectivity index (χ1) is 28.8. The fraction of sp³-hybridized carbons (Fsp3) is 0.608. The number of unbranched alkanes of at least 4 members (excludes halogenated alkanes) is 1. The third kappa shape index (κ3) is 11.9. The summed E-state index contributed by atoms with van der Waals surface area (Å²) in [5.41, 5.74) is 1.63. The lowest BCUT2D eigenvalue weighted by molar-refractivity contribution is -0.112. The highest BCUT2D eigenvalue weighted by atomic mass is 32.1. The largest absolute Gasteiger partial charge is 0.463 e. The quantitative estimate of drug-likeness (QED) is 0.0777. The summed E-state index contributed by atoms with van der Waals surface area (Å²) in [5, 5.41) is 11.3. The highest BCUT2D eigenvalue weighted by Crippen LogP contribution is 2.58. The van der Waals surface area contributed by atoms with Gasteiger partial charge in [0.1, 0.15) is 29.4 Å². The molecular formula is C51H71F3N4O2S. The van der Waals surface area contributed by atoms with Gasteiger partial charge in [-0.1, -0.05) is 94.2 Å². The topological polar surface area (TPSA) is 79.1 Å². The van der Waals surface area contributed by atoms with Crippen LogP contribution in [0, 0.1) is 52.6 Å². The molecule has 61 heavy (non-hydrogen) atoms. The second kappa shape index (κ2) is 21.4. The van der Waals surface area contributed by atoms with Gasteiger partial charge in [-0.3, -0.25) is 4.79 Å². The van der Waals surface area contributed by atoms with Crippen molar-refractivity contribution in [1.29, 1.82) is 5.26 Å². The molecule has 4 aromatic rings. The van der Waals surface area contributed by atoms with E-state index in [2.05, 4.69) is 59.1 Å². The van der Waals surface area contributed by atoms with Crippen molar-refractivity contribution >= 4 is 43.9 Å².